The van der Waals surface area contributed by atoms with Crippen LogP contribution in [0.2, 0.25) is 0 Å². The number of hydrogen-bond donors (Lipinski definition) is 1. The standard InChI is InChI=1S/C14H25N3/c1-10(2)7-6-8-11(3)16-14-9-12(4)15-13(5)17-14/h9-11H,6-8H2,1-5H3,(H,15,16,17). The van der Waals surface area contributed by atoms with Gasteiger partial charge in [-0.3, -0.25) is 0 Å². The Morgan fingerprint density at radius 2 is 1.82 bits per heavy atom. The second kappa shape index (κ2) is 6.58. The van der Waals surface area contributed by atoms with E-state index in [1.807, 2.05) is 19.9 Å². The molecule has 1 heterocycles. The molecule has 1 aromatic rings. The number of aromatic nitrogens is 2. The highest BCUT2D eigenvalue weighted by atomic mass is 15.0. The molecule has 0 saturated heterocycles. The number of aryl methyl sites for hydroxylation is 2. The smallest absolute Gasteiger partial charge is 0.130 e. The highest BCUT2D eigenvalue weighted by Gasteiger charge is 2.05. The average molecular weight is 235 g/mol. The summed E-state index contributed by atoms with van der Waals surface area (Å²) in [6, 6.07) is 2.48. The quantitative estimate of drug-likeness (QED) is 0.816. The van der Waals surface area contributed by atoms with Crippen molar-refractivity contribution >= 4 is 5.82 Å². The van der Waals surface area contributed by atoms with E-state index in [9.17, 15) is 0 Å². The minimum absolute atomic E-state index is 0.474. The van der Waals surface area contributed by atoms with Gasteiger partial charge in [-0.2, -0.15) is 0 Å². The molecule has 0 bridgehead atoms. The van der Waals surface area contributed by atoms with Crippen molar-refractivity contribution in [3.8, 4) is 0 Å². The lowest BCUT2D eigenvalue weighted by Crippen LogP contribution is -2.16. The number of anilines is 1. The Hall–Kier alpha value is -1.12. The summed E-state index contributed by atoms with van der Waals surface area (Å²) < 4.78 is 0. The van der Waals surface area contributed by atoms with Gasteiger partial charge in [0.15, 0.2) is 0 Å². The van der Waals surface area contributed by atoms with E-state index in [1.165, 1.54) is 19.3 Å². The zero-order valence-corrected chi connectivity index (χ0v) is 11.7. The molecule has 0 aromatic carbocycles. The Bertz CT molecular complexity index is 327. The Balaban J connectivity index is 2.42. The Kier molecular flexibility index (Phi) is 5.39. The molecule has 17 heavy (non-hydrogen) atoms. The largest absolute Gasteiger partial charge is 0.368 e. The summed E-state index contributed by atoms with van der Waals surface area (Å²) in [6.07, 6.45) is 3.77. The second-order valence-electron chi connectivity index (χ2n) is 5.31. The van der Waals surface area contributed by atoms with Crippen LogP contribution in [0.3, 0.4) is 0 Å². The van der Waals surface area contributed by atoms with Crippen molar-refractivity contribution in [3.05, 3.63) is 17.6 Å². The monoisotopic (exact) mass is 235 g/mol. The lowest BCUT2D eigenvalue weighted by Gasteiger charge is -2.15. The molecule has 1 rings (SSSR count). The van der Waals surface area contributed by atoms with Gasteiger partial charge in [-0.1, -0.05) is 26.7 Å². The molecule has 0 aliphatic heterocycles. The van der Waals surface area contributed by atoms with Crippen LogP contribution in [0.1, 0.15) is 51.6 Å². The molecule has 1 unspecified atom stereocenters. The zero-order chi connectivity index (χ0) is 12.8. The van der Waals surface area contributed by atoms with E-state index in [4.69, 9.17) is 0 Å². The molecule has 0 spiro atoms. The van der Waals surface area contributed by atoms with Crippen LogP contribution in [-0.2, 0) is 0 Å². The van der Waals surface area contributed by atoms with Gasteiger partial charge in [-0.15, -0.1) is 0 Å². The van der Waals surface area contributed by atoms with Crippen LogP contribution >= 0.6 is 0 Å². The predicted octanol–water partition coefficient (Wildman–Crippen LogP) is 3.72. The molecule has 0 radical (unpaired) electrons. The number of rotatable bonds is 6. The van der Waals surface area contributed by atoms with Crippen molar-refractivity contribution < 1.29 is 0 Å². The van der Waals surface area contributed by atoms with Crippen molar-refractivity contribution in [2.75, 3.05) is 5.32 Å². The van der Waals surface area contributed by atoms with E-state index in [2.05, 4.69) is 36.1 Å². The first-order chi connectivity index (χ1) is 7.97. The maximum absolute atomic E-state index is 4.39. The van der Waals surface area contributed by atoms with Crippen molar-refractivity contribution in [1.82, 2.24) is 9.97 Å². The van der Waals surface area contributed by atoms with Gasteiger partial charge in [-0.05, 0) is 33.1 Å². The van der Waals surface area contributed by atoms with Crippen LogP contribution < -0.4 is 5.32 Å². The number of nitrogens with one attached hydrogen (secondary N) is 1. The maximum Gasteiger partial charge on any atom is 0.130 e. The molecule has 3 nitrogen and oxygen atoms in total. The number of nitrogens with zero attached hydrogens (tertiary/aromatic N) is 2. The minimum Gasteiger partial charge on any atom is -0.368 e. The number of hydrogen-bond acceptors (Lipinski definition) is 3. The predicted molar refractivity (Wildman–Crippen MR) is 73.3 cm³/mol. The second-order valence-corrected chi connectivity index (χ2v) is 5.31. The summed E-state index contributed by atoms with van der Waals surface area (Å²) in [6.45, 7) is 10.7. The Morgan fingerprint density at radius 3 is 2.41 bits per heavy atom. The Labute approximate surface area is 105 Å². The molecule has 1 atom stereocenters. The van der Waals surface area contributed by atoms with E-state index < -0.39 is 0 Å². The molecule has 0 fully saturated rings. The third kappa shape index (κ3) is 5.66. The van der Waals surface area contributed by atoms with Gasteiger partial charge < -0.3 is 5.32 Å². The first kappa shape index (κ1) is 13.9. The maximum atomic E-state index is 4.39. The summed E-state index contributed by atoms with van der Waals surface area (Å²) in [5.41, 5.74) is 1.02. The SMILES string of the molecule is Cc1cc(NC(C)CCCC(C)C)nc(C)n1. The molecule has 0 aliphatic rings. The van der Waals surface area contributed by atoms with Crippen molar-refractivity contribution in [3.63, 3.8) is 0 Å². The van der Waals surface area contributed by atoms with Crippen LogP contribution in [-0.4, -0.2) is 16.0 Å². The van der Waals surface area contributed by atoms with Gasteiger partial charge in [0.05, 0.1) is 0 Å². The van der Waals surface area contributed by atoms with E-state index in [0.717, 1.165) is 23.3 Å². The molecule has 0 saturated carbocycles. The van der Waals surface area contributed by atoms with E-state index >= 15 is 0 Å². The van der Waals surface area contributed by atoms with Crippen LogP contribution in [0.25, 0.3) is 0 Å². The average Bonchev–Trinajstić information content (AvgIpc) is 2.14. The summed E-state index contributed by atoms with van der Waals surface area (Å²) >= 11 is 0. The zero-order valence-electron chi connectivity index (χ0n) is 11.7. The molecule has 0 aliphatic carbocycles. The molecule has 0 amide bonds. The highest BCUT2D eigenvalue weighted by Crippen LogP contribution is 2.12. The molecule has 96 valence electrons. The lowest BCUT2D eigenvalue weighted by atomic mass is 10.0. The van der Waals surface area contributed by atoms with Crippen molar-refractivity contribution in [1.29, 1.82) is 0 Å². The summed E-state index contributed by atoms with van der Waals surface area (Å²) in [5.74, 6) is 2.58. The minimum atomic E-state index is 0.474. The molecule has 1 aromatic heterocycles. The fourth-order valence-electron chi connectivity index (χ4n) is 1.95. The summed E-state index contributed by atoms with van der Waals surface area (Å²) in [5, 5.41) is 3.45. The van der Waals surface area contributed by atoms with Gasteiger partial charge in [0.2, 0.25) is 0 Å². The normalized spacial score (nSPS) is 12.8. The van der Waals surface area contributed by atoms with Gasteiger partial charge in [-0.25, -0.2) is 9.97 Å². The van der Waals surface area contributed by atoms with Gasteiger partial charge in [0.25, 0.3) is 0 Å². The fourth-order valence-corrected chi connectivity index (χ4v) is 1.95. The van der Waals surface area contributed by atoms with Gasteiger partial charge in [0, 0.05) is 17.8 Å². The molecular formula is C14H25N3. The van der Waals surface area contributed by atoms with Crippen LogP contribution in [0.4, 0.5) is 5.82 Å². The Morgan fingerprint density at radius 1 is 1.12 bits per heavy atom. The lowest BCUT2D eigenvalue weighted by molar-refractivity contribution is 0.520. The third-order valence-electron chi connectivity index (χ3n) is 2.78. The third-order valence-corrected chi connectivity index (χ3v) is 2.78. The van der Waals surface area contributed by atoms with Gasteiger partial charge >= 0.3 is 0 Å². The van der Waals surface area contributed by atoms with Crippen molar-refractivity contribution in [2.45, 2.75) is 59.9 Å². The first-order valence-corrected chi connectivity index (χ1v) is 6.56. The van der Waals surface area contributed by atoms with Crippen LogP contribution in [0.5, 0.6) is 0 Å². The van der Waals surface area contributed by atoms with Crippen LogP contribution in [0, 0.1) is 19.8 Å². The van der Waals surface area contributed by atoms with Crippen LogP contribution in [0.15, 0.2) is 6.07 Å². The summed E-state index contributed by atoms with van der Waals surface area (Å²) in [4.78, 5) is 8.67. The first-order valence-electron chi connectivity index (χ1n) is 6.56. The molecular weight excluding hydrogens is 210 g/mol. The fraction of sp³-hybridized carbons (Fsp3) is 0.714. The van der Waals surface area contributed by atoms with Gasteiger partial charge in [0.1, 0.15) is 11.6 Å². The molecule has 1 N–H and O–H groups in total. The molecule has 3 heteroatoms. The van der Waals surface area contributed by atoms with Crippen molar-refractivity contribution in [2.24, 2.45) is 5.92 Å². The highest BCUT2D eigenvalue weighted by molar-refractivity contribution is 5.36. The summed E-state index contributed by atoms with van der Waals surface area (Å²) in [7, 11) is 0. The van der Waals surface area contributed by atoms with E-state index in [-0.39, 0.29) is 0 Å². The topological polar surface area (TPSA) is 37.8 Å². The van der Waals surface area contributed by atoms with E-state index in [0.29, 0.717) is 6.04 Å². The van der Waals surface area contributed by atoms with E-state index in [1.54, 1.807) is 0 Å².